The largest absolute Gasteiger partial charge is 0.347 e. The number of piperidine rings is 1. The molecule has 1 aliphatic rings. The predicted octanol–water partition coefficient (Wildman–Crippen LogP) is 2.41. The summed E-state index contributed by atoms with van der Waals surface area (Å²) in [4.78, 5) is 26.3. The average Bonchev–Trinajstić information content (AvgIpc) is 2.43. The summed E-state index contributed by atoms with van der Waals surface area (Å²) in [7, 11) is 1.75. The van der Waals surface area contributed by atoms with Gasteiger partial charge in [0.25, 0.3) is 5.91 Å². The van der Waals surface area contributed by atoms with Gasteiger partial charge in [0.1, 0.15) is 0 Å². The number of likely N-dealkylation sites (tertiary alicyclic amines) is 1. The number of amides is 2. The Kier molecular flexibility index (Phi) is 4.94. The van der Waals surface area contributed by atoms with Crippen molar-refractivity contribution < 1.29 is 9.59 Å². The van der Waals surface area contributed by atoms with Crippen molar-refractivity contribution in [3.63, 3.8) is 0 Å². The van der Waals surface area contributed by atoms with Crippen LogP contribution in [0.3, 0.4) is 0 Å². The first-order valence-electron chi connectivity index (χ1n) is 6.39. The molecule has 108 valence electrons. The van der Waals surface area contributed by atoms with E-state index in [0.29, 0.717) is 30.0 Å². The molecular weight excluding hydrogens is 296 g/mol. The second-order valence-corrected chi connectivity index (χ2v) is 6.12. The Morgan fingerprint density at radius 2 is 2.25 bits per heavy atom. The summed E-state index contributed by atoms with van der Waals surface area (Å²) in [5, 5.41) is 3.40. The van der Waals surface area contributed by atoms with Crippen LogP contribution in [-0.4, -0.2) is 42.6 Å². The first-order chi connectivity index (χ1) is 9.51. The SMILES string of the molecule is CSc1ccc(Cl)c(C(=O)NC2CCC(=O)N(C)C2)c1. The van der Waals surface area contributed by atoms with Crippen molar-refractivity contribution in [2.45, 2.75) is 23.8 Å². The van der Waals surface area contributed by atoms with E-state index in [-0.39, 0.29) is 17.9 Å². The van der Waals surface area contributed by atoms with Gasteiger partial charge in [0.05, 0.1) is 10.6 Å². The van der Waals surface area contributed by atoms with Crippen molar-refractivity contribution in [2.24, 2.45) is 0 Å². The van der Waals surface area contributed by atoms with Crippen LogP contribution in [0.15, 0.2) is 23.1 Å². The molecule has 0 spiro atoms. The van der Waals surface area contributed by atoms with E-state index < -0.39 is 0 Å². The maximum Gasteiger partial charge on any atom is 0.253 e. The number of carbonyl (C=O) groups is 2. The van der Waals surface area contributed by atoms with Crippen LogP contribution in [-0.2, 0) is 4.79 Å². The Morgan fingerprint density at radius 1 is 1.50 bits per heavy atom. The van der Waals surface area contributed by atoms with Gasteiger partial charge in [-0.3, -0.25) is 9.59 Å². The molecule has 2 rings (SSSR count). The maximum atomic E-state index is 12.3. The number of thioether (sulfide) groups is 1. The van der Waals surface area contributed by atoms with Crippen LogP contribution in [0.4, 0.5) is 0 Å². The van der Waals surface area contributed by atoms with Gasteiger partial charge in [0, 0.05) is 31.0 Å². The van der Waals surface area contributed by atoms with Crippen LogP contribution in [0.5, 0.6) is 0 Å². The standard InChI is InChI=1S/C14H17ClN2O2S/c1-17-8-9(3-6-13(17)18)16-14(19)11-7-10(20-2)4-5-12(11)15/h4-5,7,9H,3,6,8H2,1-2H3,(H,16,19). The Morgan fingerprint density at radius 3 is 2.90 bits per heavy atom. The molecule has 1 atom stereocenters. The minimum absolute atomic E-state index is 0.0146. The Bertz CT molecular complexity index is 536. The first-order valence-corrected chi connectivity index (χ1v) is 8.00. The molecule has 1 saturated heterocycles. The van der Waals surface area contributed by atoms with Crippen molar-refractivity contribution >= 4 is 35.2 Å². The van der Waals surface area contributed by atoms with Crippen LogP contribution in [0.1, 0.15) is 23.2 Å². The first kappa shape index (κ1) is 15.2. The lowest BCUT2D eigenvalue weighted by atomic mass is 10.1. The zero-order valence-electron chi connectivity index (χ0n) is 11.5. The van der Waals surface area contributed by atoms with Crippen LogP contribution in [0, 0.1) is 0 Å². The number of halogens is 1. The molecule has 2 amide bonds. The van der Waals surface area contributed by atoms with Gasteiger partial charge in [-0.15, -0.1) is 11.8 Å². The summed E-state index contributed by atoms with van der Waals surface area (Å²) in [6.07, 6.45) is 3.10. The van der Waals surface area contributed by atoms with E-state index in [1.54, 1.807) is 35.8 Å². The summed E-state index contributed by atoms with van der Waals surface area (Å²) in [5.74, 6) is -0.0587. The number of hydrogen-bond donors (Lipinski definition) is 1. The lowest BCUT2D eigenvalue weighted by Gasteiger charge is -2.30. The highest BCUT2D eigenvalue weighted by Gasteiger charge is 2.25. The number of hydrogen-bond acceptors (Lipinski definition) is 3. The molecule has 1 aliphatic heterocycles. The van der Waals surface area contributed by atoms with Gasteiger partial charge < -0.3 is 10.2 Å². The third-order valence-corrected chi connectivity index (χ3v) is 4.43. The highest BCUT2D eigenvalue weighted by Crippen LogP contribution is 2.23. The van der Waals surface area contributed by atoms with E-state index in [0.717, 1.165) is 4.90 Å². The van der Waals surface area contributed by atoms with E-state index >= 15 is 0 Å². The van der Waals surface area contributed by atoms with E-state index in [2.05, 4.69) is 5.32 Å². The van der Waals surface area contributed by atoms with Gasteiger partial charge in [-0.1, -0.05) is 11.6 Å². The second kappa shape index (κ2) is 6.50. The van der Waals surface area contributed by atoms with Gasteiger partial charge >= 0.3 is 0 Å². The lowest BCUT2D eigenvalue weighted by molar-refractivity contribution is -0.132. The normalized spacial score (nSPS) is 19.1. The van der Waals surface area contributed by atoms with Gasteiger partial charge in [0.15, 0.2) is 0 Å². The minimum atomic E-state index is -0.182. The molecule has 0 aromatic heterocycles. The number of benzene rings is 1. The zero-order chi connectivity index (χ0) is 14.7. The molecule has 1 unspecified atom stereocenters. The minimum Gasteiger partial charge on any atom is -0.347 e. The molecular formula is C14H17ClN2O2S. The fourth-order valence-electron chi connectivity index (χ4n) is 2.20. The fraction of sp³-hybridized carbons (Fsp3) is 0.429. The van der Waals surface area contributed by atoms with Gasteiger partial charge in [0.2, 0.25) is 5.91 Å². The number of nitrogens with zero attached hydrogens (tertiary/aromatic N) is 1. The smallest absolute Gasteiger partial charge is 0.253 e. The number of likely N-dealkylation sites (N-methyl/N-ethyl adjacent to an activating group) is 1. The summed E-state index contributed by atoms with van der Waals surface area (Å²) in [6.45, 7) is 0.546. The summed E-state index contributed by atoms with van der Waals surface area (Å²) < 4.78 is 0. The molecule has 0 saturated carbocycles. The van der Waals surface area contributed by atoms with Crippen LogP contribution < -0.4 is 5.32 Å². The van der Waals surface area contributed by atoms with Gasteiger partial charge in [-0.2, -0.15) is 0 Å². The fourth-order valence-corrected chi connectivity index (χ4v) is 2.84. The molecule has 1 N–H and O–H groups in total. The maximum absolute atomic E-state index is 12.3. The Balaban J connectivity index is 2.07. The zero-order valence-corrected chi connectivity index (χ0v) is 13.1. The van der Waals surface area contributed by atoms with E-state index in [9.17, 15) is 9.59 Å². The quantitative estimate of drug-likeness (QED) is 0.872. The highest BCUT2D eigenvalue weighted by atomic mass is 35.5. The van der Waals surface area contributed by atoms with Crippen molar-refractivity contribution in [1.82, 2.24) is 10.2 Å². The summed E-state index contributed by atoms with van der Waals surface area (Å²) in [6, 6.07) is 5.40. The molecule has 0 radical (unpaired) electrons. The number of nitrogens with one attached hydrogen (secondary N) is 1. The monoisotopic (exact) mass is 312 g/mol. The highest BCUT2D eigenvalue weighted by molar-refractivity contribution is 7.98. The van der Waals surface area contributed by atoms with E-state index in [1.165, 1.54) is 0 Å². The summed E-state index contributed by atoms with van der Waals surface area (Å²) >= 11 is 7.65. The van der Waals surface area contributed by atoms with Crippen molar-refractivity contribution in [3.8, 4) is 0 Å². The Labute approximate surface area is 127 Å². The lowest BCUT2D eigenvalue weighted by Crippen LogP contribution is -2.48. The van der Waals surface area contributed by atoms with Gasteiger partial charge in [-0.05, 0) is 30.9 Å². The molecule has 0 aliphatic carbocycles. The van der Waals surface area contributed by atoms with Crippen LogP contribution in [0.2, 0.25) is 5.02 Å². The van der Waals surface area contributed by atoms with Crippen molar-refractivity contribution in [1.29, 1.82) is 0 Å². The van der Waals surface area contributed by atoms with Crippen molar-refractivity contribution in [3.05, 3.63) is 28.8 Å². The molecule has 1 aromatic carbocycles. The topological polar surface area (TPSA) is 49.4 Å². The van der Waals surface area contributed by atoms with Gasteiger partial charge in [-0.25, -0.2) is 0 Å². The summed E-state index contributed by atoms with van der Waals surface area (Å²) in [5.41, 5.74) is 0.484. The molecule has 1 heterocycles. The third kappa shape index (κ3) is 3.46. The van der Waals surface area contributed by atoms with E-state index in [1.807, 2.05) is 12.3 Å². The average molecular weight is 313 g/mol. The molecule has 1 fully saturated rings. The molecule has 20 heavy (non-hydrogen) atoms. The predicted molar refractivity (Wildman–Crippen MR) is 81.4 cm³/mol. The Hall–Kier alpha value is -1.20. The number of rotatable bonds is 3. The van der Waals surface area contributed by atoms with Crippen molar-refractivity contribution in [2.75, 3.05) is 19.8 Å². The second-order valence-electron chi connectivity index (χ2n) is 4.83. The van der Waals surface area contributed by atoms with Crippen LogP contribution in [0.25, 0.3) is 0 Å². The molecule has 1 aromatic rings. The molecule has 0 bridgehead atoms. The number of carbonyl (C=O) groups excluding carboxylic acids is 2. The molecule has 6 heteroatoms. The molecule has 4 nitrogen and oxygen atoms in total. The third-order valence-electron chi connectivity index (χ3n) is 3.38. The van der Waals surface area contributed by atoms with Crippen LogP contribution >= 0.6 is 23.4 Å². The van der Waals surface area contributed by atoms with E-state index in [4.69, 9.17) is 11.6 Å².